The van der Waals surface area contributed by atoms with E-state index in [9.17, 15) is 31.5 Å². The van der Waals surface area contributed by atoms with Crippen LogP contribution in [0.25, 0.3) is 10.4 Å². The first-order valence-electron chi connectivity index (χ1n) is 11.7. The van der Waals surface area contributed by atoms with E-state index in [1.807, 2.05) is 13.0 Å². The molecule has 2 heterocycles. The minimum absolute atomic E-state index is 0.184. The van der Waals surface area contributed by atoms with Crippen LogP contribution in [0, 0.1) is 6.92 Å². The zero-order chi connectivity index (χ0) is 27.7. The van der Waals surface area contributed by atoms with Gasteiger partial charge in [-0.1, -0.05) is 6.07 Å². The molecule has 1 aliphatic rings. The van der Waals surface area contributed by atoms with Gasteiger partial charge in [0.15, 0.2) is 9.84 Å². The van der Waals surface area contributed by atoms with Crippen molar-refractivity contribution in [3.8, 4) is 10.4 Å². The predicted molar refractivity (Wildman–Crippen MR) is 137 cm³/mol. The smallest absolute Gasteiger partial charge is 0.383 e. The van der Waals surface area contributed by atoms with E-state index in [0.717, 1.165) is 34.5 Å². The lowest BCUT2D eigenvalue weighted by Gasteiger charge is -2.34. The number of amides is 1. The molecule has 0 atom stereocenters. The van der Waals surface area contributed by atoms with Crippen molar-refractivity contribution in [3.63, 3.8) is 0 Å². The number of aliphatic hydroxyl groups is 1. The van der Waals surface area contributed by atoms with Crippen molar-refractivity contribution in [2.75, 3.05) is 17.3 Å². The molecular formula is C24H26F3N5O4S2. The van der Waals surface area contributed by atoms with Gasteiger partial charge in [0, 0.05) is 30.4 Å². The highest BCUT2D eigenvalue weighted by atomic mass is 32.2. The van der Waals surface area contributed by atoms with Crippen molar-refractivity contribution in [2.45, 2.75) is 50.4 Å². The normalized spacial score (nSPS) is 20.2. The zero-order valence-electron chi connectivity index (χ0n) is 20.5. The third-order valence-corrected chi connectivity index (χ3v) is 8.07. The summed E-state index contributed by atoms with van der Waals surface area (Å²) in [5.41, 5.74) is -0.131. The van der Waals surface area contributed by atoms with Gasteiger partial charge in [0.2, 0.25) is 11.9 Å². The van der Waals surface area contributed by atoms with E-state index in [-0.39, 0.29) is 12.0 Å². The van der Waals surface area contributed by atoms with Gasteiger partial charge in [-0.05, 0) is 61.9 Å². The maximum atomic E-state index is 13.0. The van der Waals surface area contributed by atoms with Crippen molar-refractivity contribution in [1.29, 1.82) is 0 Å². The number of halogens is 3. The molecule has 0 spiro atoms. The molecule has 14 heteroatoms. The molecular weight excluding hydrogens is 543 g/mol. The molecule has 0 aliphatic heterocycles. The topological polar surface area (TPSA) is 134 Å². The number of alkyl halides is 3. The maximum Gasteiger partial charge on any atom is 0.433 e. The Labute approximate surface area is 221 Å². The Kier molecular flexibility index (Phi) is 7.77. The second-order valence-electron chi connectivity index (χ2n) is 9.45. The number of nitrogens with zero attached hydrogens (tertiary/aromatic N) is 3. The van der Waals surface area contributed by atoms with Gasteiger partial charge in [0.25, 0.3) is 0 Å². The molecule has 0 saturated heterocycles. The number of carbonyl (C=O) groups is 1. The molecule has 204 valence electrons. The van der Waals surface area contributed by atoms with Crippen LogP contribution in [0.5, 0.6) is 0 Å². The Balaban J connectivity index is 1.46. The van der Waals surface area contributed by atoms with E-state index in [0.29, 0.717) is 36.4 Å². The lowest BCUT2D eigenvalue weighted by molar-refractivity contribution is -0.141. The molecule has 3 N–H and O–H groups in total. The van der Waals surface area contributed by atoms with Crippen molar-refractivity contribution < 1.29 is 31.5 Å². The number of sulfone groups is 1. The van der Waals surface area contributed by atoms with Gasteiger partial charge in [-0.3, -0.25) is 4.79 Å². The van der Waals surface area contributed by atoms with E-state index in [2.05, 4.69) is 25.6 Å². The quantitative estimate of drug-likeness (QED) is 0.389. The first-order chi connectivity index (χ1) is 17.7. The van der Waals surface area contributed by atoms with Crippen LogP contribution in [0.2, 0.25) is 0 Å². The summed E-state index contributed by atoms with van der Waals surface area (Å²) < 4.78 is 61.6. The minimum atomic E-state index is -4.59. The van der Waals surface area contributed by atoms with Gasteiger partial charge < -0.3 is 15.7 Å². The van der Waals surface area contributed by atoms with Gasteiger partial charge >= 0.3 is 6.18 Å². The van der Waals surface area contributed by atoms with E-state index in [1.165, 1.54) is 11.3 Å². The molecule has 0 radical (unpaired) electrons. The standard InChI is InChI=1S/C24H26F3N5O4S2/c1-14-9-15(11-17(10-14)31-22-28-8-5-19(32-22)24(25,26)27)18-12-29-21(37-18)23(34)6-3-16(4-7-23)30-20(33)13-38(2,35)36/h5,8-12,16,34H,3-4,6-7,13H2,1-2H3,(H,30,33)(H,28,31,32)/t16-,23+. The molecule has 1 amide bonds. The van der Waals surface area contributed by atoms with E-state index in [1.54, 1.807) is 18.3 Å². The predicted octanol–water partition coefficient (Wildman–Crippen LogP) is 3.96. The lowest BCUT2D eigenvalue weighted by atomic mass is 9.82. The lowest BCUT2D eigenvalue weighted by Crippen LogP contribution is -2.43. The number of hydrogen-bond donors (Lipinski definition) is 3. The molecule has 1 aromatic carbocycles. The number of nitrogens with one attached hydrogen (secondary N) is 2. The van der Waals surface area contributed by atoms with Crippen molar-refractivity contribution in [2.24, 2.45) is 0 Å². The van der Waals surface area contributed by atoms with Crippen LogP contribution in [0.4, 0.5) is 24.8 Å². The van der Waals surface area contributed by atoms with Crippen LogP contribution < -0.4 is 10.6 Å². The first kappa shape index (κ1) is 27.9. The second-order valence-corrected chi connectivity index (χ2v) is 12.6. The number of hydrogen-bond acceptors (Lipinski definition) is 9. The third-order valence-electron chi connectivity index (χ3n) is 6.04. The summed E-state index contributed by atoms with van der Waals surface area (Å²) in [6.07, 6.45) is 0.714. The molecule has 1 saturated carbocycles. The summed E-state index contributed by atoms with van der Waals surface area (Å²) in [6, 6.07) is 5.96. The first-order valence-corrected chi connectivity index (χ1v) is 14.5. The summed E-state index contributed by atoms with van der Waals surface area (Å²) in [5.74, 6) is -1.31. The fraction of sp³-hybridized carbons (Fsp3) is 0.417. The largest absolute Gasteiger partial charge is 0.433 e. The van der Waals surface area contributed by atoms with Crippen molar-refractivity contribution >= 4 is 38.7 Å². The number of rotatable bonds is 7. The number of benzene rings is 1. The SMILES string of the molecule is Cc1cc(Nc2nccc(C(F)(F)F)n2)cc(-c2cnc([C@]3(O)CC[C@@H](NC(=O)CS(C)(=O)=O)CC3)s2)c1. The van der Waals surface area contributed by atoms with Crippen molar-refractivity contribution in [3.05, 3.63) is 52.9 Å². The molecule has 0 unspecified atom stereocenters. The molecule has 4 rings (SSSR count). The van der Waals surface area contributed by atoms with Crippen LogP contribution >= 0.6 is 11.3 Å². The monoisotopic (exact) mass is 569 g/mol. The van der Waals surface area contributed by atoms with E-state index in [4.69, 9.17) is 0 Å². The maximum absolute atomic E-state index is 13.0. The summed E-state index contributed by atoms with van der Waals surface area (Å²) in [6.45, 7) is 1.84. The fourth-order valence-electron chi connectivity index (χ4n) is 4.29. The fourth-order valence-corrected chi connectivity index (χ4v) is 5.90. The average Bonchev–Trinajstić information content (AvgIpc) is 3.30. The Morgan fingerprint density at radius 1 is 1.21 bits per heavy atom. The average molecular weight is 570 g/mol. The molecule has 2 aromatic heterocycles. The van der Waals surface area contributed by atoms with Gasteiger partial charge in [-0.2, -0.15) is 13.2 Å². The molecule has 3 aromatic rings. The van der Waals surface area contributed by atoms with Crippen LogP contribution in [0.15, 0.2) is 36.7 Å². The Bertz CT molecular complexity index is 1430. The van der Waals surface area contributed by atoms with E-state index >= 15 is 0 Å². The van der Waals surface area contributed by atoms with Crippen LogP contribution in [-0.4, -0.2) is 52.4 Å². The Hall–Kier alpha value is -3.10. The van der Waals surface area contributed by atoms with Gasteiger partial charge in [-0.25, -0.2) is 23.4 Å². The number of anilines is 2. The van der Waals surface area contributed by atoms with Gasteiger partial charge in [-0.15, -0.1) is 11.3 Å². The highest BCUT2D eigenvalue weighted by Gasteiger charge is 2.38. The number of thiazole rings is 1. The van der Waals surface area contributed by atoms with Gasteiger partial charge in [0.1, 0.15) is 22.1 Å². The molecule has 9 nitrogen and oxygen atoms in total. The zero-order valence-corrected chi connectivity index (χ0v) is 22.2. The second kappa shape index (κ2) is 10.6. The third kappa shape index (κ3) is 7.05. The van der Waals surface area contributed by atoms with E-state index < -0.39 is 39.0 Å². The molecule has 1 fully saturated rings. The summed E-state index contributed by atoms with van der Waals surface area (Å²) in [4.78, 5) is 24.5. The highest BCUT2D eigenvalue weighted by molar-refractivity contribution is 7.91. The van der Waals surface area contributed by atoms with Crippen LogP contribution in [0.1, 0.15) is 41.9 Å². The summed E-state index contributed by atoms with van der Waals surface area (Å²) in [7, 11) is -3.42. The Morgan fingerprint density at radius 2 is 1.92 bits per heavy atom. The molecule has 1 aliphatic carbocycles. The summed E-state index contributed by atoms with van der Waals surface area (Å²) in [5, 5.41) is 17.3. The minimum Gasteiger partial charge on any atom is -0.383 e. The van der Waals surface area contributed by atoms with Crippen LogP contribution in [-0.2, 0) is 26.4 Å². The molecule has 0 bridgehead atoms. The van der Waals surface area contributed by atoms with Crippen LogP contribution in [0.3, 0.4) is 0 Å². The number of aromatic nitrogens is 3. The Morgan fingerprint density at radius 3 is 2.58 bits per heavy atom. The van der Waals surface area contributed by atoms with Gasteiger partial charge in [0.05, 0.1) is 4.88 Å². The highest BCUT2D eigenvalue weighted by Crippen LogP contribution is 2.41. The number of aryl methyl sites for hydroxylation is 1. The van der Waals surface area contributed by atoms with Crippen molar-refractivity contribution in [1.82, 2.24) is 20.3 Å². The molecule has 38 heavy (non-hydrogen) atoms. The summed E-state index contributed by atoms with van der Waals surface area (Å²) >= 11 is 1.31. The number of carbonyl (C=O) groups excluding carboxylic acids is 1.